The summed E-state index contributed by atoms with van der Waals surface area (Å²) in [5.41, 5.74) is 2.87. The number of ketones is 1. The summed E-state index contributed by atoms with van der Waals surface area (Å²) in [4.78, 5) is 46.4. The number of benzene rings is 2. The van der Waals surface area contributed by atoms with Crippen LogP contribution in [0.3, 0.4) is 0 Å². The number of hydrogen-bond donors (Lipinski definition) is 0. The van der Waals surface area contributed by atoms with E-state index < -0.39 is 22.7 Å². The van der Waals surface area contributed by atoms with Gasteiger partial charge in [0.05, 0.1) is 28.2 Å². The van der Waals surface area contributed by atoms with Crippen molar-refractivity contribution in [2.75, 3.05) is 4.90 Å². The first-order chi connectivity index (χ1) is 19.5. The molecule has 1 saturated heterocycles. The van der Waals surface area contributed by atoms with Gasteiger partial charge < -0.3 is 0 Å². The Labute approximate surface area is 238 Å². The molecule has 2 amide bonds. The molecule has 3 aromatic rings. The number of nitriles is 1. The lowest BCUT2D eigenvalue weighted by molar-refractivity contribution is -0.134. The summed E-state index contributed by atoms with van der Waals surface area (Å²) in [6.45, 7) is 3.95. The van der Waals surface area contributed by atoms with Gasteiger partial charge in [0.15, 0.2) is 5.78 Å². The third-order valence-corrected chi connectivity index (χ3v) is 11.3. The minimum absolute atomic E-state index is 0.00466. The molecule has 1 aliphatic heterocycles. The topological polar surface area (TPSA) is 78.2 Å². The largest absolute Gasteiger partial charge is 0.298 e. The zero-order valence-corrected chi connectivity index (χ0v) is 23.5. The summed E-state index contributed by atoms with van der Waals surface area (Å²) < 4.78 is 0. The number of fused-ring (bicyclic) bond motifs is 6. The van der Waals surface area contributed by atoms with Gasteiger partial charge in [0.25, 0.3) is 0 Å². The maximum absolute atomic E-state index is 14.9. The molecule has 0 radical (unpaired) electrons. The van der Waals surface area contributed by atoms with Crippen LogP contribution < -0.4 is 4.90 Å². The minimum Gasteiger partial charge on any atom is -0.298 e. The molecule has 0 N–H and O–H groups in total. The van der Waals surface area contributed by atoms with E-state index in [0.29, 0.717) is 23.4 Å². The molecule has 5 nitrogen and oxygen atoms in total. The van der Waals surface area contributed by atoms with Crippen LogP contribution in [0.5, 0.6) is 0 Å². The fraction of sp³-hybridized carbons (Fsp3) is 0.353. The van der Waals surface area contributed by atoms with Crippen molar-refractivity contribution < 1.29 is 14.4 Å². The number of thiophene rings is 1. The van der Waals surface area contributed by atoms with E-state index in [9.17, 15) is 19.6 Å². The lowest BCUT2D eigenvalue weighted by atomic mass is 9.60. The average Bonchev–Trinajstić information content (AvgIpc) is 3.64. The average molecular weight is 547 g/mol. The van der Waals surface area contributed by atoms with Crippen LogP contribution in [-0.2, 0) is 27.2 Å². The van der Waals surface area contributed by atoms with E-state index in [2.05, 4.69) is 6.07 Å². The number of aryl methyl sites for hydroxylation is 1. The predicted molar refractivity (Wildman–Crippen MR) is 155 cm³/mol. The van der Waals surface area contributed by atoms with Crippen LogP contribution in [0.15, 0.2) is 60.7 Å². The van der Waals surface area contributed by atoms with Crippen LogP contribution in [0.25, 0.3) is 11.1 Å². The van der Waals surface area contributed by atoms with E-state index in [4.69, 9.17) is 0 Å². The summed E-state index contributed by atoms with van der Waals surface area (Å²) in [6.07, 6.45) is 4.56. The van der Waals surface area contributed by atoms with Crippen molar-refractivity contribution in [3.63, 3.8) is 0 Å². The highest BCUT2D eigenvalue weighted by Crippen LogP contribution is 2.76. The van der Waals surface area contributed by atoms with Crippen LogP contribution in [0, 0.1) is 34.0 Å². The summed E-state index contributed by atoms with van der Waals surface area (Å²) in [5.74, 6) is -2.21. The molecule has 2 fully saturated rings. The lowest BCUT2D eigenvalue weighted by Crippen LogP contribution is -2.41. The highest BCUT2D eigenvalue weighted by atomic mass is 32.1. The molecule has 6 heteroatoms. The number of rotatable bonds is 5. The number of allylic oxidation sites excluding steroid dienone is 2. The molecule has 4 atom stereocenters. The first-order valence-electron chi connectivity index (χ1n) is 14.3. The van der Waals surface area contributed by atoms with E-state index in [0.717, 1.165) is 58.4 Å². The Hall–Kier alpha value is -3.82. The van der Waals surface area contributed by atoms with Crippen LogP contribution in [0.4, 0.5) is 5.00 Å². The zero-order chi connectivity index (χ0) is 27.8. The van der Waals surface area contributed by atoms with Gasteiger partial charge in [-0.1, -0.05) is 74.5 Å². The second-order valence-electron chi connectivity index (χ2n) is 11.4. The van der Waals surface area contributed by atoms with Gasteiger partial charge >= 0.3 is 0 Å². The first kappa shape index (κ1) is 25.2. The summed E-state index contributed by atoms with van der Waals surface area (Å²) in [6, 6.07) is 22.2. The molecule has 1 saturated carbocycles. The van der Waals surface area contributed by atoms with E-state index in [1.807, 2.05) is 74.5 Å². The number of Topliss-reactive ketones (excluding diaryl/α,β-unsaturated/α-hetero) is 1. The molecule has 1 aromatic heterocycles. The van der Waals surface area contributed by atoms with Gasteiger partial charge in [-0.25, -0.2) is 4.90 Å². The SMILES string of the molecule is CC[C@]12C(=O)[C@](CC)(C(c3ccccc3)=C1c1ccccc1)[C@H]1C(=O)N(c3sc4c(c3C#N)CCCC4)C(=O)[C@@H]12. The molecule has 3 aliphatic carbocycles. The van der Waals surface area contributed by atoms with Crippen molar-refractivity contribution in [1.82, 2.24) is 0 Å². The van der Waals surface area contributed by atoms with Gasteiger partial charge in [-0.05, 0) is 66.4 Å². The minimum atomic E-state index is -1.11. The number of imide groups is 1. The standard InChI is InChI=1S/C34H30N2O3S/c1-3-33-25(20-13-7-5-8-14-20)26(21-15-9-6-10-16-21)34(4-2,32(33)39)28-27(33)29(37)36(30(28)38)31-23(19-35)22-17-11-12-18-24(22)40-31/h5-10,13-16,27-28H,3-4,11-12,17-18H2,1-2H3/t27-,28-,33-,34+/m1/s1. The lowest BCUT2D eigenvalue weighted by Gasteiger charge is -2.38. The van der Waals surface area contributed by atoms with E-state index in [1.165, 1.54) is 16.2 Å². The molecule has 2 aromatic carbocycles. The molecule has 40 heavy (non-hydrogen) atoms. The number of nitrogens with zero attached hydrogens (tertiary/aromatic N) is 2. The molecule has 0 unspecified atom stereocenters. The van der Waals surface area contributed by atoms with E-state index >= 15 is 0 Å². The number of hydrogen-bond acceptors (Lipinski definition) is 5. The zero-order valence-electron chi connectivity index (χ0n) is 22.7. The fourth-order valence-electron chi connectivity index (χ4n) is 8.48. The van der Waals surface area contributed by atoms with Crippen molar-refractivity contribution in [2.45, 2.75) is 52.4 Å². The highest BCUT2D eigenvalue weighted by molar-refractivity contribution is 7.17. The Morgan fingerprint density at radius 2 is 1.32 bits per heavy atom. The Bertz CT molecular complexity index is 1580. The summed E-state index contributed by atoms with van der Waals surface area (Å²) >= 11 is 1.42. The van der Waals surface area contributed by atoms with E-state index in [-0.39, 0.29) is 17.6 Å². The molecule has 0 spiro atoms. The third kappa shape index (κ3) is 2.84. The molecule has 4 aliphatic rings. The van der Waals surface area contributed by atoms with Gasteiger partial charge in [-0.15, -0.1) is 11.3 Å². The van der Waals surface area contributed by atoms with Gasteiger partial charge in [-0.3, -0.25) is 14.4 Å². The normalized spacial score (nSPS) is 28.7. The van der Waals surface area contributed by atoms with Crippen molar-refractivity contribution in [3.05, 3.63) is 87.8 Å². The smallest absolute Gasteiger partial charge is 0.239 e. The van der Waals surface area contributed by atoms with Crippen LogP contribution in [0.1, 0.15) is 66.7 Å². The number of amides is 2. The molecule has 2 heterocycles. The van der Waals surface area contributed by atoms with Crippen LogP contribution in [-0.4, -0.2) is 17.6 Å². The van der Waals surface area contributed by atoms with Gasteiger partial charge in [0, 0.05) is 4.88 Å². The molecule has 2 bridgehead atoms. The second kappa shape index (κ2) is 8.84. The predicted octanol–water partition coefficient (Wildman–Crippen LogP) is 6.60. The number of carbonyl (C=O) groups excluding carboxylic acids is 3. The monoisotopic (exact) mass is 546 g/mol. The molecular weight excluding hydrogens is 516 g/mol. The molecule has 200 valence electrons. The Balaban J connectivity index is 1.50. The fourth-order valence-corrected chi connectivity index (χ4v) is 9.83. The Morgan fingerprint density at radius 1 is 0.825 bits per heavy atom. The van der Waals surface area contributed by atoms with Crippen LogP contribution >= 0.6 is 11.3 Å². The van der Waals surface area contributed by atoms with Gasteiger partial charge in [0.1, 0.15) is 11.1 Å². The Morgan fingerprint density at radius 3 is 1.80 bits per heavy atom. The van der Waals surface area contributed by atoms with Crippen molar-refractivity contribution >= 4 is 45.1 Å². The van der Waals surface area contributed by atoms with Gasteiger partial charge in [-0.2, -0.15) is 5.26 Å². The molecular formula is C34H30N2O3S. The second-order valence-corrected chi connectivity index (χ2v) is 12.5. The summed E-state index contributed by atoms with van der Waals surface area (Å²) in [7, 11) is 0. The molecule has 7 rings (SSSR count). The first-order valence-corrected chi connectivity index (χ1v) is 15.1. The number of carbonyl (C=O) groups is 3. The van der Waals surface area contributed by atoms with E-state index in [1.54, 1.807) is 0 Å². The third-order valence-electron chi connectivity index (χ3n) is 10.0. The maximum atomic E-state index is 14.9. The summed E-state index contributed by atoms with van der Waals surface area (Å²) in [5, 5.41) is 10.6. The van der Waals surface area contributed by atoms with Crippen molar-refractivity contribution in [2.24, 2.45) is 22.7 Å². The number of anilines is 1. The van der Waals surface area contributed by atoms with Crippen molar-refractivity contribution in [1.29, 1.82) is 5.26 Å². The quantitative estimate of drug-likeness (QED) is 0.338. The Kier molecular flexibility index (Phi) is 5.56. The van der Waals surface area contributed by atoms with Crippen molar-refractivity contribution in [3.8, 4) is 6.07 Å². The van der Waals surface area contributed by atoms with Crippen LogP contribution in [0.2, 0.25) is 0 Å². The maximum Gasteiger partial charge on any atom is 0.239 e. The van der Waals surface area contributed by atoms with Gasteiger partial charge in [0.2, 0.25) is 11.8 Å². The highest BCUT2D eigenvalue weighted by Gasteiger charge is 2.80.